The average molecular weight is 312 g/mol. The van der Waals surface area contributed by atoms with E-state index in [-0.39, 0.29) is 0 Å². The molecule has 0 atom stereocenters. The van der Waals surface area contributed by atoms with Crippen molar-refractivity contribution in [3.8, 4) is 0 Å². The first-order valence-electron chi connectivity index (χ1n) is 8.98. The Morgan fingerprint density at radius 3 is 2.74 bits per heavy atom. The summed E-state index contributed by atoms with van der Waals surface area (Å²) in [7, 11) is 1.83. The van der Waals surface area contributed by atoms with Gasteiger partial charge in [0, 0.05) is 31.1 Å². The van der Waals surface area contributed by atoms with Crippen molar-refractivity contribution in [2.75, 3.05) is 12.4 Å². The molecule has 1 N–H and O–H groups in total. The lowest BCUT2D eigenvalue weighted by Gasteiger charge is -2.22. The monoisotopic (exact) mass is 312 g/mol. The van der Waals surface area contributed by atoms with Crippen LogP contribution in [-0.2, 0) is 0 Å². The molecule has 1 aromatic rings. The van der Waals surface area contributed by atoms with E-state index >= 15 is 0 Å². The lowest BCUT2D eigenvalue weighted by atomic mass is 9.96. The summed E-state index contributed by atoms with van der Waals surface area (Å²) in [6.07, 6.45) is 14.2. The van der Waals surface area contributed by atoms with Crippen LogP contribution in [0.5, 0.6) is 0 Å². The number of allylic oxidation sites excluding steroid dienone is 2. The first-order valence-corrected chi connectivity index (χ1v) is 8.98. The van der Waals surface area contributed by atoms with Gasteiger partial charge in [-0.3, -0.25) is 4.99 Å². The van der Waals surface area contributed by atoms with E-state index in [1.54, 1.807) is 0 Å². The Bertz CT molecular complexity index is 581. The molecule has 2 aliphatic carbocycles. The second kappa shape index (κ2) is 7.71. The largest absolute Gasteiger partial charge is 0.351 e. The van der Waals surface area contributed by atoms with Crippen LogP contribution >= 0.6 is 0 Å². The zero-order valence-electron chi connectivity index (χ0n) is 14.4. The van der Waals surface area contributed by atoms with Crippen LogP contribution in [0.1, 0.15) is 64.0 Å². The number of aliphatic imine (C=N–C) groups is 1. The normalized spacial score (nSPS) is 20.6. The molecule has 23 heavy (non-hydrogen) atoms. The van der Waals surface area contributed by atoms with E-state index in [4.69, 9.17) is 4.98 Å². The third-order valence-corrected chi connectivity index (χ3v) is 4.88. The topological polar surface area (TPSA) is 50.2 Å². The minimum atomic E-state index is 0.527. The summed E-state index contributed by atoms with van der Waals surface area (Å²) in [5.74, 6) is 1.63. The lowest BCUT2D eigenvalue weighted by Crippen LogP contribution is -2.23. The number of nitrogens with zero attached hydrogens (tertiary/aromatic N) is 3. The van der Waals surface area contributed by atoms with E-state index < -0.39 is 0 Å². The van der Waals surface area contributed by atoms with Gasteiger partial charge in [0.2, 0.25) is 5.95 Å². The Morgan fingerprint density at radius 1 is 1.26 bits per heavy atom. The van der Waals surface area contributed by atoms with Crippen molar-refractivity contribution in [3.05, 3.63) is 23.5 Å². The fourth-order valence-electron chi connectivity index (χ4n) is 3.40. The molecule has 0 saturated heterocycles. The molecule has 1 aromatic heterocycles. The molecular formula is C19H28N4. The van der Waals surface area contributed by atoms with Gasteiger partial charge in [0.05, 0.1) is 5.69 Å². The summed E-state index contributed by atoms with van der Waals surface area (Å²) < 4.78 is 0. The predicted molar refractivity (Wildman–Crippen MR) is 96.9 cm³/mol. The molecule has 2 fully saturated rings. The Kier molecular flexibility index (Phi) is 5.42. The van der Waals surface area contributed by atoms with Crippen molar-refractivity contribution in [1.29, 1.82) is 0 Å². The van der Waals surface area contributed by atoms with E-state index in [2.05, 4.69) is 22.2 Å². The maximum absolute atomic E-state index is 4.76. The predicted octanol–water partition coefficient (Wildman–Crippen LogP) is 4.50. The number of anilines is 1. The number of aromatic nitrogens is 2. The van der Waals surface area contributed by atoms with Gasteiger partial charge in [-0.2, -0.15) is 0 Å². The maximum atomic E-state index is 4.76. The molecule has 1 heterocycles. The van der Waals surface area contributed by atoms with Crippen LogP contribution in [0.25, 0.3) is 5.57 Å². The summed E-state index contributed by atoms with van der Waals surface area (Å²) >= 11 is 0. The molecule has 2 saturated carbocycles. The van der Waals surface area contributed by atoms with Crippen LogP contribution < -0.4 is 5.32 Å². The highest BCUT2D eigenvalue weighted by molar-refractivity contribution is 6.10. The number of hydrogen-bond donors (Lipinski definition) is 1. The second-order valence-corrected chi connectivity index (χ2v) is 6.97. The number of hydrogen-bond acceptors (Lipinski definition) is 4. The van der Waals surface area contributed by atoms with Gasteiger partial charge in [-0.05, 0) is 51.0 Å². The molecule has 0 aromatic carbocycles. The highest BCUT2D eigenvalue weighted by Gasteiger charge is 2.22. The molecule has 0 amide bonds. The van der Waals surface area contributed by atoms with Crippen molar-refractivity contribution in [3.63, 3.8) is 0 Å². The smallest absolute Gasteiger partial charge is 0.223 e. The first-order chi connectivity index (χ1) is 11.3. The van der Waals surface area contributed by atoms with Gasteiger partial charge in [-0.1, -0.05) is 24.8 Å². The molecule has 4 nitrogen and oxygen atoms in total. The SMILES string of the molecule is C/N=C\C(=C(/C)CC1CC1)c1ccnc(NC2CCCCC2)n1. The Balaban J connectivity index is 1.78. The molecule has 0 aliphatic heterocycles. The van der Waals surface area contributed by atoms with E-state index in [0.717, 1.165) is 29.6 Å². The van der Waals surface area contributed by atoms with Crippen LogP contribution in [0, 0.1) is 5.92 Å². The quantitative estimate of drug-likeness (QED) is 0.787. The Labute approximate surface area is 139 Å². The Hall–Kier alpha value is -1.71. The van der Waals surface area contributed by atoms with Gasteiger partial charge in [0.1, 0.15) is 0 Å². The standard InChI is InChI=1S/C19H28N4/c1-14(12-15-8-9-15)17(13-20-2)18-10-11-21-19(23-18)22-16-6-4-3-5-7-16/h10-11,13,15-16H,3-9,12H2,1-2H3,(H,21,22,23)/b17-14-,20-13-. The highest BCUT2D eigenvalue weighted by Crippen LogP contribution is 2.36. The minimum absolute atomic E-state index is 0.527. The van der Waals surface area contributed by atoms with E-state index in [9.17, 15) is 0 Å². The van der Waals surface area contributed by atoms with Crippen LogP contribution in [-0.4, -0.2) is 29.3 Å². The van der Waals surface area contributed by atoms with Crippen LogP contribution in [0.3, 0.4) is 0 Å². The summed E-state index contributed by atoms with van der Waals surface area (Å²) in [6, 6.07) is 2.53. The molecule has 2 aliphatic rings. The molecular weight excluding hydrogens is 284 g/mol. The van der Waals surface area contributed by atoms with Gasteiger partial charge < -0.3 is 5.32 Å². The number of nitrogens with one attached hydrogen (secondary N) is 1. The van der Waals surface area contributed by atoms with Crippen molar-refractivity contribution in [2.24, 2.45) is 10.9 Å². The Morgan fingerprint density at radius 2 is 2.04 bits per heavy atom. The van der Waals surface area contributed by atoms with Crippen molar-refractivity contribution in [2.45, 2.75) is 64.3 Å². The third kappa shape index (κ3) is 4.63. The molecule has 0 radical (unpaired) electrons. The molecule has 4 heteroatoms. The van der Waals surface area contributed by atoms with Crippen molar-refractivity contribution >= 4 is 17.7 Å². The van der Waals surface area contributed by atoms with Gasteiger partial charge in [0.25, 0.3) is 0 Å². The zero-order chi connectivity index (χ0) is 16.1. The van der Waals surface area contributed by atoms with Gasteiger partial charge in [-0.25, -0.2) is 9.97 Å². The summed E-state index contributed by atoms with van der Waals surface area (Å²) in [5.41, 5.74) is 3.54. The lowest BCUT2D eigenvalue weighted by molar-refractivity contribution is 0.461. The molecule has 3 rings (SSSR count). The van der Waals surface area contributed by atoms with E-state index in [1.165, 1.54) is 50.5 Å². The summed E-state index contributed by atoms with van der Waals surface area (Å²) in [5, 5.41) is 3.52. The van der Waals surface area contributed by atoms with Crippen molar-refractivity contribution in [1.82, 2.24) is 9.97 Å². The van der Waals surface area contributed by atoms with Gasteiger partial charge >= 0.3 is 0 Å². The van der Waals surface area contributed by atoms with Gasteiger partial charge in [0.15, 0.2) is 0 Å². The molecule has 0 unspecified atom stereocenters. The van der Waals surface area contributed by atoms with E-state index in [1.807, 2.05) is 25.5 Å². The van der Waals surface area contributed by atoms with Crippen LogP contribution in [0.4, 0.5) is 5.95 Å². The zero-order valence-corrected chi connectivity index (χ0v) is 14.4. The van der Waals surface area contributed by atoms with Crippen LogP contribution in [0.15, 0.2) is 22.8 Å². The fraction of sp³-hybridized carbons (Fsp3) is 0.632. The maximum Gasteiger partial charge on any atom is 0.223 e. The van der Waals surface area contributed by atoms with Gasteiger partial charge in [-0.15, -0.1) is 0 Å². The molecule has 0 bridgehead atoms. The first kappa shape index (κ1) is 16.2. The second-order valence-electron chi connectivity index (χ2n) is 6.97. The molecule has 124 valence electrons. The summed E-state index contributed by atoms with van der Waals surface area (Å²) in [4.78, 5) is 13.4. The number of rotatable bonds is 6. The average Bonchev–Trinajstić information content (AvgIpc) is 3.37. The van der Waals surface area contributed by atoms with Crippen molar-refractivity contribution < 1.29 is 0 Å². The third-order valence-electron chi connectivity index (χ3n) is 4.88. The summed E-state index contributed by atoms with van der Waals surface area (Å²) in [6.45, 7) is 2.21. The van der Waals surface area contributed by atoms with Crippen LogP contribution in [0.2, 0.25) is 0 Å². The fourth-order valence-corrected chi connectivity index (χ4v) is 3.40. The van der Waals surface area contributed by atoms with E-state index in [0.29, 0.717) is 6.04 Å². The highest BCUT2D eigenvalue weighted by atomic mass is 15.1. The molecule has 0 spiro atoms. The minimum Gasteiger partial charge on any atom is -0.351 e.